The van der Waals surface area contributed by atoms with Gasteiger partial charge < -0.3 is 14.6 Å². The van der Waals surface area contributed by atoms with Crippen molar-refractivity contribution in [3.05, 3.63) is 0 Å². The van der Waals surface area contributed by atoms with E-state index in [-0.39, 0.29) is 18.0 Å². The molecule has 2 atom stereocenters. The molecule has 0 aromatic rings. The van der Waals surface area contributed by atoms with E-state index >= 15 is 0 Å². The lowest BCUT2D eigenvalue weighted by Crippen LogP contribution is -2.36. The molecule has 0 spiro atoms. The molecule has 0 heterocycles. The van der Waals surface area contributed by atoms with Crippen LogP contribution in [0.25, 0.3) is 0 Å². The molecule has 0 fully saturated rings. The third-order valence-electron chi connectivity index (χ3n) is 3.44. The second-order valence-electron chi connectivity index (χ2n) is 9.54. The zero-order chi connectivity index (χ0) is 19.3. The van der Waals surface area contributed by atoms with Crippen molar-refractivity contribution in [3.8, 4) is 0 Å². The fourth-order valence-corrected chi connectivity index (χ4v) is 2.43. The summed E-state index contributed by atoms with van der Waals surface area (Å²) in [6.07, 6.45) is 0.203. The average Bonchev–Trinajstić information content (AvgIpc) is 2.30. The van der Waals surface area contributed by atoms with Crippen molar-refractivity contribution in [1.29, 1.82) is 0 Å². The highest BCUT2D eigenvalue weighted by Gasteiger charge is 2.36. The molecule has 0 aliphatic carbocycles. The van der Waals surface area contributed by atoms with Gasteiger partial charge in [0.15, 0.2) is 0 Å². The molecule has 0 rings (SSSR count). The second-order valence-corrected chi connectivity index (χ2v) is 9.54. The number of hydrogen-bond acceptors (Lipinski definition) is 5. The Labute approximate surface area is 147 Å². The molecule has 0 amide bonds. The van der Waals surface area contributed by atoms with Crippen LogP contribution in [0.5, 0.6) is 0 Å². The number of esters is 2. The average molecular weight is 344 g/mol. The lowest BCUT2D eigenvalue weighted by atomic mass is 9.83. The van der Waals surface area contributed by atoms with Crippen molar-refractivity contribution >= 4 is 11.9 Å². The summed E-state index contributed by atoms with van der Waals surface area (Å²) < 4.78 is 10.6. The van der Waals surface area contributed by atoms with Gasteiger partial charge in [-0.05, 0) is 52.9 Å². The van der Waals surface area contributed by atoms with Crippen LogP contribution in [-0.2, 0) is 19.1 Å². The minimum absolute atomic E-state index is 0.0205. The first kappa shape index (κ1) is 22.9. The van der Waals surface area contributed by atoms with E-state index in [1.807, 2.05) is 41.5 Å². The first-order valence-electron chi connectivity index (χ1n) is 8.62. The zero-order valence-corrected chi connectivity index (χ0v) is 16.9. The Kier molecular flexibility index (Phi) is 7.94. The van der Waals surface area contributed by atoms with E-state index in [1.165, 1.54) is 0 Å². The number of aliphatic hydroxyl groups excluding tert-OH is 1. The molecule has 0 aromatic carbocycles. The maximum absolute atomic E-state index is 12.2. The van der Waals surface area contributed by atoms with E-state index in [4.69, 9.17) is 9.47 Å². The van der Waals surface area contributed by atoms with Gasteiger partial charge in [0.2, 0.25) is 0 Å². The fraction of sp³-hybridized carbons (Fsp3) is 0.895. The maximum atomic E-state index is 12.2. The predicted octanol–water partition coefficient (Wildman–Crippen LogP) is 3.72. The molecule has 0 saturated heterocycles. The second kappa shape index (κ2) is 8.32. The monoisotopic (exact) mass is 344 g/mol. The molecule has 0 aromatic heterocycles. The van der Waals surface area contributed by atoms with Crippen LogP contribution in [0, 0.1) is 16.7 Å². The van der Waals surface area contributed by atoms with Gasteiger partial charge >= 0.3 is 11.9 Å². The van der Waals surface area contributed by atoms with Gasteiger partial charge in [0, 0.05) is 0 Å². The minimum Gasteiger partial charge on any atom is -0.463 e. The summed E-state index contributed by atoms with van der Waals surface area (Å²) in [6, 6.07) is 0. The van der Waals surface area contributed by atoms with Crippen LogP contribution in [-0.4, -0.2) is 35.4 Å². The summed E-state index contributed by atoms with van der Waals surface area (Å²) in [7, 11) is 0. The van der Waals surface area contributed by atoms with Gasteiger partial charge in [0.05, 0.1) is 17.4 Å². The summed E-state index contributed by atoms with van der Waals surface area (Å²) in [5.41, 5.74) is -1.37. The van der Waals surface area contributed by atoms with Crippen LogP contribution < -0.4 is 0 Å². The van der Waals surface area contributed by atoms with Crippen LogP contribution in [0.4, 0.5) is 0 Å². The quantitative estimate of drug-likeness (QED) is 0.713. The Morgan fingerprint density at radius 1 is 0.958 bits per heavy atom. The summed E-state index contributed by atoms with van der Waals surface area (Å²) >= 11 is 0. The lowest BCUT2D eigenvalue weighted by molar-refractivity contribution is -0.168. The largest absolute Gasteiger partial charge is 0.463 e. The Morgan fingerprint density at radius 2 is 1.46 bits per heavy atom. The third-order valence-corrected chi connectivity index (χ3v) is 3.44. The highest BCUT2D eigenvalue weighted by molar-refractivity contribution is 5.78. The third kappa shape index (κ3) is 9.91. The molecule has 1 unspecified atom stereocenters. The molecule has 0 aliphatic rings. The SMILES string of the molecule is CC(CC(C)(C)C(=O)OC(C)(C)C)C(=O)OC[C@@H](O)CC(C)(C)C. The minimum atomic E-state index is -0.782. The molecule has 0 radical (unpaired) electrons. The van der Waals surface area contributed by atoms with Crippen molar-refractivity contribution in [2.45, 2.75) is 86.9 Å². The smallest absolute Gasteiger partial charge is 0.312 e. The van der Waals surface area contributed by atoms with Gasteiger partial charge in [0.1, 0.15) is 12.2 Å². The summed E-state index contributed by atoms with van der Waals surface area (Å²) in [5, 5.41) is 9.91. The number of carbonyl (C=O) groups is 2. The molecule has 0 aliphatic heterocycles. The molecule has 1 N–H and O–H groups in total. The van der Waals surface area contributed by atoms with Crippen molar-refractivity contribution < 1.29 is 24.2 Å². The maximum Gasteiger partial charge on any atom is 0.312 e. The summed E-state index contributed by atoms with van der Waals surface area (Å²) in [5.74, 6) is -1.18. The molecule has 5 heteroatoms. The van der Waals surface area contributed by atoms with Gasteiger partial charge in [-0.25, -0.2) is 0 Å². The molecular weight excluding hydrogens is 308 g/mol. The van der Waals surface area contributed by atoms with Crippen molar-refractivity contribution in [2.24, 2.45) is 16.7 Å². The van der Waals surface area contributed by atoms with Crippen LogP contribution >= 0.6 is 0 Å². The number of rotatable bonds is 7. The first-order chi connectivity index (χ1) is 10.5. The van der Waals surface area contributed by atoms with Gasteiger partial charge in [-0.3, -0.25) is 9.59 Å². The van der Waals surface area contributed by atoms with Gasteiger partial charge in [-0.15, -0.1) is 0 Å². The molecule has 0 saturated carbocycles. The molecule has 142 valence electrons. The molecule has 5 nitrogen and oxygen atoms in total. The van der Waals surface area contributed by atoms with Crippen LogP contribution in [0.1, 0.15) is 75.2 Å². The molecular formula is C19H36O5. The molecule has 24 heavy (non-hydrogen) atoms. The number of aliphatic hydroxyl groups is 1. The summed E-state index contributed by atoms with van der Waals surface area (Å²) in [4.78, 5) is 24.4. The number of ether oxygens (including phenoxy) is 2. The normalized spacial score (nSPS) is 15.6. The van der Waals surface area contributed by atoms with Crippen LogP contribution in [0.3, 0.4) is 0 Å². The Morgan fingerprint density at radius 3 is 1.88 bits per heavy atom. The van der Waals surface area contributed by atoms with E-state index < -0.39 is 29.0 Å². The van der Waals surface area contributed by atoms with Gasteiger partial charge in [0.25, 0.3) is 0 Å². The van der Waals surface area contributed by atoms with Gasteiger partial charge in [-0.1, -0.05) is 27.7 Å². The van der Waals surface area contributed by atoms with E-state index in [9.17, 15) is 14.7 Å². The fourth-order valence-electron chi connectivity index (χ4n) is 2.43. The summed E-state index contributed by atoms with van der Waals surface area (Å²) in [6.45, 7) is 16.7. The van der Waals surface area contributed by atoms with E-state index in [0.717, 1.165) is 0 Å². The van der Waals surface area contributed by atoms with Crippen LogP contribution in [0.2, 0.25) is 0 Å². The standard InChI is InChI=1S/C19H36O5/c1-13(10-19(8,9)16(22)24-18(5,6)7)15(21)23-12-14(20)11-17(2,3)4/h13-14,20H,10-12H2,1-9H3/t13?,14-/m0/s1. The Bertz CT molecular complexity index is 426. The Balaban J connectivity index is 4.51. The first-order valence-corrected chi connectivity index (χ1v) is 8.62. The Hall–Kier alpha value is -1.10. The zero-order valence-electron chi connectivity index (χ0n) is 16.9. The topological polar surface area (TPSA) is 72.8 Å². The van der Waals surface area contributed by atoms with Crippen LogP contribution in [0.15, 0.2) is 0 Å². The predicted molar refractivity (Wildman–Crippen MR) is 94.4 cm³/mol. The molecule has 0 bridgehead atoms. The van der Waals surface area contributed by atoms with Gasteiger partial charge in [-0.2, -0.15) is 0 Å². The highest BCUT2D eigenvalue weighted by atomic mass is 16.6. The van der Waals surface area contributed by atoms with E-state index in [1.54, 1.807) is 20.8 Å². The number of carbonyl (C=O) groups excluding carboxylic acids is 2. The number of hydrogen-bond donors (Lipinski definition) is 1. The van der Waals surface area contributed by atoms with E-state index in [2.05, 4.69) is 0 Å². The lowest BCUT2D eigenvalue weighted by Gasteiger charge is -2.30. The van der Waals surface area contributed by atoms with Crippen molar-refractivity contribution in [1.82, 2.24) is 0 Å². The van der Waals surface area contributed by atoms with Crippen molar-refractivity contribution in [2.75, 3.05) is 6.61 Å². The highest BCUT2D eigenvalue weighted by Crippen LogP contribution is 2.30. The van der Waals surface area contributed by atoms with E-state index in [0.29, 0.717) is 12.8 Å². The van der Waals surface area contributed by atoms with Crippen molar-refractivity contribution in [3.63, 3.8) is 0 Å².